The Morgan fingerprint density at radius 1 is 1.14 bits per heavy atom. The molecule has 1 fully saturated rings. The second-order valence-corrected chi connectivity index (χ2v) is 7.19. The van der Waals surface area contributed by atoms with Gasteiger partial charge in [0.15, 0.2) is 11.4 Å². The van der Waals surface area contributed by atoms with Crippen molar-refractivity contribution in [2.75, 3.05) is 44.2 Å². The van der Waals surface area contributed by atoms with Crippen LogP contribution in [0.25, 0.3) is 22.1 Å². The summed E-state index contributed by atoms with van der Waals surface area (Å²) in [5.74, 6) is 1.64. The van der Waals surface area contributed by atoms with Gasteiger partial charge in [-0.25, -0.2) is 4.98 Å². The predicted molar refractivity (Wildman–Crippen MR) is 111 cm³/mol. The van der Waals surface area contributed by atoms with Gasteiger partial charge in [-0.3, -0.25) is 0 Å². The first-order valence-corrected chi connectivity index (χ1v) is 9.91. The molecule has 1 saturated heterocycles. The van der Waals surface area contributed by atoms with E-state index >= 15 is 0 Å². The molecule has 0 spiro atoms. The van der Waals surface area contributed by atoms with Gasteiger partial charge in [0.2, 0.25) is 0 Å². The van der Waals surface area contributed by atoms with Crippen molar-refractivity contribution in [3.8, 4) is 16.9 Å². The Bertz CT molecular complexity index is 932. The van der Waals surface area contributed by atoms with Gasteiger partial charge in [-0.05, 0) is 25.6 Å². The Hall–Kier alpha value is -2.57. The van der Waals surface area contributed by atoms with Crippen molar-refractivity contribution in [2.45, 2.75) is 20.0 Å². The second kappa shape index (κ2) is 8.20. The second-order valence-electron chi connectivity index (χ2n) is 7.19. The van der Waals surface area contributed by atoms with Crippen LogP contribution in [0.15, 0.2) is 47.2 Å². The van der Waals surface area contributed by atoms with Crippen molar-refractivity contribution >= 4 is 16.8 Å². The standard InChI is InChI=1S/C22H27N3O3/c1-3-24-9-11-25(12-10-24)22-21-18(8-13-27-21)19(14-23-22)17-6-4-5-7-20(17)28-16(2)15-26/h4-8,13-14,16,26H,3,9-12,15H2,1-2H3. The van der Waals surface area contributed by atoms with Gasteiger partial charge in [-0.2, -0.15) is 0 Å². The van der Waals surface area contributed by atoms with E-state index in [0.29, 0.717) is 0 Å². The minimum atomic E-state index is -0.275. The molecule has 1 aliphatic rings. The van der Waals surface area contributed by atoms with Crippen LogP contribution in [0.5, 0.6) is 5.75 Å². The summed E-state index contributed by atoms with van der Waals surface area (Å²) in [5, 5.41) is 10.4. The number of ether oxygens (including phenoxy) is 1. The van der Waals surface area contributed by atoms with E-state index in [2.05, 4.69) is 16.7 Å². The van der Waals surface area contributed by atoms with Gasteiger partial charge in [0.25, 0.3) is 0 Å². The molecule has 28 heavy (non-hydrogen) atoms. The fraction of sp³-hybridized carbons (Fsp3) is 0.409. The summed E-state index contributed by atoms with van der Waals surface area (Å²) in [7, 11) is 0. The minimum Gasteiger partial charge on any atom is -0.488 e. The fourth-order valence-corrected chi connectivity index (χ4v) is 3.71. The largest absolute Gasteiger partial charge is 0.488 e. The molecule has 0 radical (unpaired) electrons. The summed E-state index contributed by atoms with van der Waals surface area (Å²) in [6.07, 6.45) is 3.36. The molecule has 1 atom stereocenters. The zero-order valence-electron chi connectivity index (χ0n) is 16.5. The van der Waals surface area contributed by atoms with E-state index in [1.54, 1.807) is 6.26 Å². The van der Waals surface area contributed by atoms with Gasteiger partial charge in [-0.1, -0.05) is 25.1 Å². The molecule has 3 heterocycles. The van der Waals surface area contributed by atoms with Gasteiger partial charge in [0, 0.05) is 48.9 Å². The lowest BCUT2D eigenvalue weighted by atomic mass is 10.0. The van der Waals surface area contributed by atoms with Gasteiger partial charge < -0.3 is 24.1 Å². The number of rotatable bonds is 6. The third-order valence-corrected chi connectivity index (χ3v) is 5.36. The number of pyridine rings is 1. The molecule has 0 saturated carbocycles. The van der Waals surface area contributed by atoms with E-state index < -0.39 is 0 Å². The van der Waals surface area contributed by atoms with E-state index in [1.165, 1.54) is 0 Å². The highest BCUT2D eigenvalue weighted by molar-refractivity contribution is 5.99. The highest BCUT2D eigenvalue weighted by atomic mass is 16.5. The number of aliphatic hydroxyl groups is 1. The molecule has 148 valence electrons. The third kappa shape index (κ3) is 3.57. The van der Waals surface area contributed by atoms with Gasteiger partial charge in [-0.15, -0.1) is 0 Å². The number of para-hydroxylation sites is 1. The van der Waals surface area contributed by atoms with Gasteiger partial charge in [0.05, 0.1) is 12.9 Å². The van der Waals surface area contributed by atoms with Crippen LogP contribution < -0.4 is 9.64 Å². The Kier molecular flexibility index (Phi) is 5.50. The minimum absolute atomic E-state index is 0.0314. The van der Waals surface area contributed by atoms with E-state index in [4.69, 9.17) is 14.1 Å². The number of anilines is 1. The average Bonchev–Trinajstić information content (AvgIpc) is 3.23. The van der Waals surface area contributed by atoms with Crippen LogP contribution in [-0.4, -0.2) is 60.4 Å². The molecule has 0 amide bonds. The molecular formula is C22H27N3O3. The number of aliphatic hydroxyl groups excluding tert-OH is 1. The maximum absolute atomic E-state index is 9.35. The third-order valence-electron chi connectivity index (χ3n) is 5.36. The number of nitrogens with zero attached hydrogens (tertiary/aromatic N) is 3. The number of furan rings is 1. The lowest BCUT2D eigenvalue weighted by Crippen LogP contribution is -2.46. The number of hydrogen-bond donors (Lipinski definition) is 1. The van der Waals surface area contributed by atoms with Crippen molar-refractivity contribution in [3.63, 3.8) is 0 Å². The summed E-state index contributed by atoms with van der Waals surface area (Å²) in [5.41, 5.74) is 2.73. The van der Waals surface area contributed by atoms with Crippen molar-refractivity contribution in [1.29, 1.82) is 0 Å². The van der Waals surface area contributed by atoms with Crippen LogP contribution in [0.3, 0.4) is 0 Å². The van der Waals surface area contributed by atoms with Crippen LogP contribution in [0.2, 0.25) is 0 Å². The first kappa shape index (κ1) is 18.8. The fourth-order valence-electron chi connectivity index (χ4n) is 3.71. The molecule has 6 nitrogen and oxygen atoms in total. The summed E-state index contributed by atoms with van der Waals surface area (Å²) in [4.78, 5) is 9.53. The molecule has 1 aromatic carbocycles. The maximum atomic E-state index is 9.35. The van der Waals surface area contributed by atoms with Crippen LogP contribution in [-0.2, 0) is 0 Å². The first-order chi connectivity index (χ1) is 13.7. The molecule has 1 N–H and O–H groups in total. The normalized spacial score (nSPS) is 16.5. The Morgan fingerprint density at radius 2 is 1.93 bits per heavy atom. The summed E-state index contributed by atoms with van der Waals surface area (Å²) >= 11 is 0. The average molecular weight is 381 g/mol. The Morgan fingerprint density at radius 3 is 2.68 bits per heavy atom. The quantitative estimate of drug-likeness (QED) is 0.706. The lowest BCUT2D eigenvalue weighted by molar-refractivity contribution is 0.130. The maximum Gasteiger partial charge on any atom is 0.176 e. The monoisotopic (exact) mass is 381 g/mol. The van der Waals surface area contributed by atoms with E-state index in [0.717, 1.165) is 66.4 Å². The SMILES string of the molecule is CCN1CCN(c2ncc(-c3ccccc3OC(C)CO)c3ccoc23)CC1. The van der Waals surface area contributed by atoms with Crippen molar-refractivity contribution in [3.05, 3.63) is 42.8 Å². The van der Waals surface area contributed by atoms with Crippen molar-refractivity contribution in [2.24, 2.45) is 0 Å². The van der Waals surface area contributed by atoms with Crippen molar-refractivity contribution in [1.82, 2.24) is 9.88 Å². The smallest absolute Gasteiger partial charge is 0.176 e. The lowest BCUT2D eigenvalue weighted by Gasteiger charge is -2.34. The number of fused-ring (bicyclic) bond motifs is 1. The van der Waals surface area contributed by atoms with Crippen LogP contribution in [0.4, 0.5) is 5.82 Å². The van der Waals surface area contributed by atoms with Gasteiger partial charge in [0.1, 0.15) is 11.9 Å². The number of likely N-dealkylation sites (N-methyl/N-ethyl adjacent to an activating group) is 1. The van der Waals surface area contributed by atoms with E-state index in [-0.39, 0.29) is 12.7 Å². The number of hydrogen-bond acceptors (Lipinski definition) is 6. The Labute approximate surface area is 165 Å². The zero-order chi connectivity index (χ0) is 19.5. The predicted octanol–water partition coefficient (Wildman–Crippen LogP) is 3.40. The molecule has 0 aliphatic carbocycles. The number of benzene rings is 1. The molecular weight excluding hydrogens is 354 g/mol. The van der Waals surface area contributed by atoms with E-state index in [1.807, 2.05) is 43.5 Å². The number of aromatic nitrogens is 1. The highest BCUT2D eigenvalue weighted by Crippen LogP contribution is 2.38. The Balaban J connectivity index is 1.71. The molecule has 4 rings (SSSR count). The molecule has 0 bridgehead atoms. The zero-order valence-corrected chi connectivity index (χ0v) is 16.5. The van der Waals surface area contributed by atoms with Crippen molar-refractivity contribution < 1.29 is 14.3 Å². The summed E-state index contributed by atoms with van der Waals surface area (Å²) in [6, 6.07) is 9.85. The molecule has 1 unspecified atom stereocenters. The summed E-state index contributed by atoms with van der Waals surface area (Å²) < 4.78 is 11.8. The number of piperazine rings is 1. The topological polar surface area (TPSA) is 62.0 Å². The first-order valence-electron chi connectivity index (χ1n) is 9.91. The highest BCUT2D eigenvalue weighted by Gasteiger charge is 2.22. The van der Waals surface area contributed by atoms with Crippen LogP contribution in [0.1, 0.15) is 13.8 Å². The van der Waals surface area contributed by atoms with Crippen LogP contribution >= 0.6 is 0 Å². The van der Waals surface area contributed by atoms with E-state index in [9.17, 15) is 5.11 Å². The molecule has 1 aliphatic heterocycles. The molecule has 6 heteroatoms. The molecule has 2 aromatic heterocycles. The summed E-state index contributed by atoms with van der Waals surface area (Å²) in [6.45, 7) is 9.07. The van der Waals surface area contributed by atoms with Gasteiger partial charge >= 0.3 is 0 Å². The molecule has 3 aromatic rings. The van der Waals surface area contributed by atoms with Crippen LogP contribution in [0, 0.1) is 0 Å².